The molecule has 11 heteroatoms. The van der Waals surface area contributed by atoms with Crippen LogP contribution in [-0.2, 0) is 0 Å². The Kier molecular flexibility index (Phi) is 7.35. The van der Waals surface area contributed by atoms with Gasteiger partial charge < -0.3 is 20.2 Å². The third-order valence-electron chi connectivity index (χ3n) is 7.78. The molecule has 2 aliphatic heterocycles. The van der Waals surface area contributed by atoms with Crippen LogP contribution in [0.2, 0.25) is 0 Å². The van der Waals surface area contributed by atoms with E-state index in [-0.39, 0.29) is 12.5 Å². The number of amides is 1. The normalized spacial score (nSPS) is 18.6. The van der Waals surface area contributed by atoms with Gasteiger partial charge in [0.25, 0.3) is 5.91 Å². The first-order chi connectivity index (χ1) is 19.4. The third-order valence-corrected chi connectivity index (χ3v) is 8.83. The fraction of sp³-hybridized carbons (Fsp3) is 0.414. The number of aromatic nitrogens is 4. The molecule has 2 N–H and O–H groups in total. The Labute approximate surface area is 237 Å². The molecule has 2 aliphatic rings. The van der Waals surface area contributed by atoms with Crippen LogP contribution in [0.5, 0.6) is 0 Å². The van der Waals surface area contributed by atoms with Crippen LogP contribution in [0.1, 0.15) is 36.3 Å². The molecule has 40 heavy (non-hydrogen) atoms. The van der Waals surface area contributed by atoms with Crippen molar-refractivity contribution in [1.82, 2.24) is 29.7 Å². The topological polar surface area (TPSA) is 111 Å². The Hall–Kier alpha value is -3.67. The lowest BCUT2D eigenvalue weighted by Crippen LogP contribution is -2.47. The van der Waals surface area contributed by atoms with Gasteiger partial charge in [-0.3, -0.25) is 9.69 Å². The molecular formula is C29H34N8O2S. The summed E-state index contributed by atoms with van der Waals surface area (Å²) in [5, 5.41) is 13.5. The van der Waals surface area contributed by atoms with Gasteiger partial charge in [0.1, 0.15) is 16.6 Å². The van der Waals surface area contributed by atoms with Crippen LogP contribution < -0.4 is 10.2 Å². The van der Waals surface area contributed by atoms with E-state index in [0.717, 1.165) is 58.5 Å². The number of aryl methyl sites for hydroxylation is 1. The number of thiazole rings is 1. The van der Waals surface area contributed by atoms with Crippen LogP contribution in [0, 0.1) is 6.92 Å². The average molecular weight is 559 g/mol. The van der Waals surface area contributed by atoms with Gasteiger partial charge in [-0.25, -0.2) is 15.0 Å². The molecule has 0 unspecified atom stereocenters. The van der Waals surface area contributed by atoms with Crippen molar-refractivity contribution in [3.8, 4) is 10.6 Å². The molecule has 2 saturated heterocycles. The number of β-amino-alcohol motifs (C(OH)–C–C–N with tert-alkyl or cyclic N) is 1. The Balaban J connectivity index is 1.21. The van der Waals surface area contributed by atoms with E-state index in [0.29, 0.717) is 42.4 Å². The summed E-state index contributed by atoms with van der Waals surface area (Å²) < 4.78 is 0.973. The number of benzene rings is 1. The fourth-order valence-electron chi connectivity index (χ4n) is 5.78. The van der Waals surface area contributed by atoms with E-state index < -0.39 is 0 Å². The van der Waals surface area contributed by atoms with Gasteiger partial charge in [-0.1, -0.05) is 12.1 Å². The van der Waals surface area contributed by atoms with Crippen molar-refractivity contribution in [2.45, 2.75) is 39.3 Å². The molecular weight excluding hydrogens is 524 g/mol. The number of likely N-dealkylation sites (tertiary alicyclic amines) is 1. The predicted octanol–water partition coefficient (Wildman–Crippen LogP) is 3.94. The van der Waals surface area contributed by atoms with Crippen LogP contribution in [0.15, 0.2) is 42.6 Å². The lowest BCUT2D eigenvalue weighted by atomic mass is 10.1. The zero-order valence-corrected chi connectivity index (χ0v) is 23.9. The smallest absolute Gasteiger partial charge is 0.253 e. The van der Waals surface area contributed by atoms with E-state index in [1.54, 1.807) is 11.3 Å². The van der Waals surface area contributed by atoms with Gasteiger partial charge in [-0.15, -0.1) is 11.3 Å². The fourth-order valence-corrected chi connectivity index (χ4v) is 6.69. The number of fused-ring (bicyclic) bond motifs is 3. The second kappa shape index (κ2) is 11.1. The lowest BCUT2D eigenvalue weighted by Gasteiger charge is -2.34. The van der Waals surface area contributed by atoms with Crippen LogP contribution >= 0.6 is 11.3 Å². The summed E-state index contributed by atoms with van der Waals surface area (Å²) in [6, 6.07) is 12.3. The molecule has 0 saturated carbocycles. The largest absolute Gasteiger partial charge is 0.395 e. The number of pyridine rings is 1. The summed E-state index contributed by atoms with van der Waals surface area (Å²) in [4.78, 5) is 38.4. The van der Waals surface area contributed by atoms with Crippen molar-refractivity contribution in [2.75, 3.05) is 49.5 Å². The third kappa shape index (κ3) is 5.12. The van der Waals surface area contributed by atoms with Gasteiger partial charge in [0.05, 0.1) is 16.8 Å². The number of carbonyl (C=O) groups is 1. The summed E-state index contributed by atoms with van der Waals surface area (Å²) in [6.07, 6.45) is 2.91. The Bertz CT molecular complexity index is 1540. The SMILES string of the molecule is CCN(CC)C(=O)c1cccc(-c2nc3cc(Nc4cc(C)nc(N5C[C@@H]6C[C@H]5CN6CCO)n4)ncc3s2)c1. The first-order valence-corrected chi connectivity index (χ1v) is 14.7. The highest BCUT2D eigenvalue weighted by atomic mass is 32.1. The van der Waals surface area contributed by atoms with E-state index in [4.69, 9.17) is 15.0 Å². The summed E-state index contributed by atoms with van der Waals surface area (Å²) in [6.45, 7) is 10.0. The Morgan fingerprint density at radius 1 is 1.10 bits per heavy atom. The second-order valence-corrected chi connectivity index (χ2v) is 11.4. The molecule has 3 aromatic heterocycles. The molecule has 1 amide bonds. The lowest BCUT2D eigenvalue weighted by molar-refractivity contribution is 0.0773. The highest BCUT2D eigenvalue weighted by Gasteiger charge is 2.44. The number of nitrogens with one attached hydrogen (secondary N) is 1. The van der Waals surface area contributed by atoms with Crippen molar-refractivity contribution in [2.24, 2.45) is 0 Å². The van der Waals surface area contributed by atoms with Crippen LogP contribution in [0.25, 0.3) is 20.8 Å². The van der Waals surface area contributed by atoms with Gasteiger partial charge in [-0.2, -0.15) is 4.98 Å². The summed E-state index contributed by atoms with van der Waals surface area (Å²) in [5.41, 5.74) is 3.31. The number of anilines is 3. The van der Waals surface area contributed by atoms with Crippen molar-refractivity contribution >= 4 is 45.0 Å². The van der Waals surface area contributed by atoms with Gasteiger partial charge in [0, 0.05) is 80.0 Å². The first-order valence-electron chi connectivity index (χ1n) is 13.9. The second-order valence-electron chi connectivity index (χ2n) is 10.3. The van der Waals surface area contributed by atoms with Crippen molar-refractivity contribution in [3.05, 3.63) is 53.9 Å². The van der Waals surface area contributed by atoms with Gasteiger partial charge in [0.15, 0.2) is 0 Å². The molecule has 0 aliphatic carbocycles. The zero-order chi connectivity index (χ0) is 27.8. The maximum atomic E-state index is 12.9. The van der Waals surface area contributed by atoms with E-state index in [9.17, 15) is 9.90 Å². The Morgan fingerprint density at radius 3 is 2.70 bits per heavy atom. The van der Waals surface area contributed by atoms with Gasteiger partial charge >= 0.3 is 0 Å². The molecule has 4 aromatic rings. The molecule has 5 heterocycles. The number of aliphatic hydroxyl groups excluding tert-OH is 1. The molecule has 208 valence electrons. The van der Waals surface area contributed by atoms with E-state index in [2.05, 4.69) is 20.1 Å². The Morgan fingerprint density at radius 2 is 1.95 bits per heavy atom. The highest BCUT2D eigenvalue weighted by Crippen LogP contribution is 2.34. The van der Waals surface area contributed by atoms with Crippen molar-refractivity contribution < 1.29 is 9.90 Å². The molecule has 6 rings (SSSR count). The minimum atomic E-state index is 0.0323. The van der Waals surface area contributed by atoms with E-state index in [1.807, 2.05) is 68.3 Å². The standard InChI is InChI=1S/C29H34N8O2S/c1-4-35(5-2)28(39)20-8-6-7-19(12-20)27-32-23-14-25(30-15-24(23)40-27)33-26-11-18(3)31-29(34-26)37-17-21-13-22(37)16-36(21)9-10-38/h6-8,11-12,14-15,21-22,38H,4-5,9-10,13,16-17H2,1-3H3,(H,30,31,33,34)/t21-,22-/m0/s1. The average Bonchev–Trinajstić information content (AvgIpc) is 3.68. The molecule has 1 aromatic carbocycles. The summed E-state index contributed by atoms with van der Waals surface area (Å²) in [5.74, 6) is 2.12. The molecule has 2 atom stereocenters. The number of hydrogen-bond acceptors (Lipinski definition) is 10. The number of nitrogens with zero attached hydrogens (tertiary/aromatic N) is 7. The quantitative estimate of drug-likeness (QED) is 0.316. The molecule has 10 nitrogen and oxygen atoms in total. The minimum Gasteiger partial charge on any atom is -0.395 e. The summed E-state index contributed by atoms with van der Waals surface area (Å²) >= 11 is 1.56. The zero-order valence-electron chi connectivity index (χ0n) is 23.0. The molecule has 2 fully saturated rings. The molecule has 0 spiro atoms. The van der Waals surface area contributed by atoms with Crippen molar-refractivity contribution in [3.63, 3.8) is 0 Å². The van der Waals surface area contributed by atoms with Gasteiger partial charge in [0.2, 0.25) is 5.95 Å². The van der Waals surface area contributed by atoms with Gasteiger partial charge in [-0.05, 0) is 39.3 Å². The monoisotopic (exact) mass is 558 g/mol. The summed E-state index contributed by atoms with van der Waals surface area (Å²) in [7, 11) is 0. The number of carbonyl (C=O) groups excluding carboxylic acids is 1. The maximum Gasteiger partial charge on any atom is 0.253 e. The molecule has 2 bridgehead atoms. The first kappa shape index (κ1) is 26.5. The number of aliphatic hydroxyl groups is 1. The van der Waals surface area contributed by atoms with Crippen LogP contribution in [0.4, 0.5) is 17.6 Å². The number of rotatable bonds is 9. The highest BCUT2D eigenvalue weighted by molar-refractivity contribution is 7.21. The maximum absolute atomic E-state index is 12.9. The van der Waals surface area contributed by atoms with Crippen molar-refractivity contribution in [1.29, 1.82) is 0 Å². The molecule has 0 radical (unpaired) electrons. The number of piperazine rings is 1. The van der Waals surface area contributed by atoms with E-state index >= 15 is 0 Å². The van der Waals surface area contributed by atoms with E-state index in [1.165, 1.54) is 0 Å². The number of hydrogen-bond donors (Lipinski definition) is 2. The minimum absolute atomic E-state index is 0.0323. The predicted molar refractivity (Wildman–Crippen MR) is 158 cm³/mol. The van der Waals surface area contributed by atoms with Crippen LogP contribution in [0.3, 0.4) is 0 Å². The van der Waals surface area contributed by atoms with Crippen LogP contribution in [-0.4, -0.2) is 92.2 Å².